The summed E-state index contributed by atoms with van der Waals surface area (Å²) >= 11 is 0. The van der Waals surface area contributed by atoms with Gasteiger partial charge in [0.05, 0.1) is 7.11 Å². The van der Waals surface area contributed by atoms with E-state index in [9.17, 15) is 0 Å². The lowest BCUT2D eigenvalue weighted by molar-refractivity contribution is 0.403. The molecule has 0 amide bonds. The smallest absolute Gasteiger partial charge is 0.125 e. The van der Waals surface area contributed by atoms with Crippen molar-refractivity contribution in [2.45, 2.75) is 33.1 Å². The van der Waals surface area contributed by atoms with Crippen molar-refractivity contribution in [3.63, 3.8) is 0 Å². The summed E-state index contributed by atoms with van der Waals surface area (Å²) in [6.45, 7) is 7.55. The van der Waals surface area contributed by atoms with Crippen LogP contribution in [0.3, 0.4) is 0 Å². The molecule has 0 aromatic heterocycles. The number of hydrogen-bond acceptors (Lipinski definition) is 2. The first kappa shape index (κ1) is 13.0. The molecule has 0 spiro atoms. The molecule has 2 heteroatoms. The van der Waals surface area contributed by atoms with Crippen molar-refractivity contribution in [1.29, 1.82) is 0 Å². The highest BCUT2D eigenvalue weighted by atomic mass is 16.5. The Hall–Kier alpha value is -1.02. The van der Waals surface area contributed by atoms with Gasteiger partial charge >= 0.3 is 0 Å². The van der Waals surface area contributed by atoms with E-state index in [0.29, 0.717) is 5.92 Å². The van der Waals surface area contributed by atoms with Crippen molar-refractivity contribution in [3.05, 3.63) is 28.8 Å². The minimum Gasteiger partial charge on any atom is -0.496 e. The lowest BCUT2D eigenvalue weighted by Crippen LogP contribution is -2.12. The minimum atomic E-state index is 0.502. The molecule has 0 aliphatic rings. The molecular formula is C14H23NO. The van der Waals surface area contributed by atoms with Crippen LogP contribution in [0.25, 0.3) is 0 Å². The zero-order valence-corrected chi connectivity index (χ0v) is 11.1. The quantitative estimate of drug-likeness (QED) is 0.825. The van der Waals surface area contributed by atoms with Gasteiger partial charge in [-0.05, 0) is 44.0 Å². The van der Waals surface area contributed by atoms with Crippen molar-refractivity contribution in [2.75, 3.05) is 20.7 Å². The van der Waals surface area contributed by atoms with Crippen molar-refractivity contribution >= 4 is 0 Å². The molecule has 16 heavy (non-hydrogen) atoms. The van der Waals surface area contributed by atoms with E-state index in [1.165, 1.54) is 16.7 Å². The van der Waals surface area contributed by atoms with Gasteiger partial charge < -0.3 is 10.1 Å². The Morgan fingerprint density at radius 2 is 2.00 bits per heavy atom. The Kier molecular flexibility index (Phi) is 4.81. The normalized spacial score (nSPS) is 10.9. The Labute approximate surface area is 99.0 Å². The van der Waals surface area contributed by atoms with Crippen LogP contribution in [0.1, 0.15) is 36.5 Å². The summed E-state index contributed by atoms with van der Waals surface area (Å²) in [5.74, 6) is 1.56. The van der Waals surface area contributed by atoms with Crippen LogP contribution in [0.2, 0.25) is 0 Å². The maximum atomic E-state index is 5.54. The summed E-state index contributed by atoms with van der Waals surface area (Å²) in [6, 6.07) is 4.38. The first-order valence-electron chi connectivity index (χ1n) is 5.92. The molecule has 90 valence electrons. The number of rotatable bonds is 5. The maximum Gasteiger partial charge on any atom is 0.125 e. The van der Waals surface area contributed by atoms with Crippen molar-refractivity contribution in [2.24, 2.45) is 0 Å². The van der Waals surface area contributed by atoms with E-state index in [4.69, 9.17) is 4.74 Å². The maximum absolute atomic E-state index is 5.54. The summed E-state index contributed by atoms with van der Waals surface area (Å²) in [4.78, 5) is 0. The fourth-order valence-electron chi connectivity index (χ4n) is 2.13. The number of aryl methyl sites for hydroxylation is 1. The van der Waals surface area contributed by atoms with Crippen molar-refractivity contribution < 1.29 is 4.74 Å². The van der Waals surface area contributed by atoms with Crippen LogP contribution < -0.4 is 10.1 Å². The van der Waals surface area contributed by atoms with E-state index in [-0.39, 0.29) is 0 Å². The van der Waals surface area contributed by atoms with Gasteiger partial charge in [0.1, 0.15) is 5.75 Å². The molecule has 1 aromatic carbocycles. The van der Waals surface area contributed by atoms with Gasteiger partial charge in [-0.1, -0.05) is 26.0 Å². The average Bonchev–Trinajstić information content (AvgIpc) is 2.26. The SMILES string of the molecule is CNCCc1ccc(C)c(OC)c1C(C)C. The van der Waals surface area contributed by atoms with Gasteiger partial charge in [0.15, 0.2) is 0 Å². The van der Waals surface area contributed by atoms with E-state index in [0.717, 1.165) is 18.7 Å². The lowest BCUT2D eigenvalue weighted by atomic mass is 9.92. The zero-order chi connectivity index (χ0) is 12.1. The first-order chi connectivity index (χ1) is 7.61. The predicted octanol–water partition coefficient (Wildman–Crippen LogP) is 2.89. The first-order valence-corrected chi connectivity index (χ1v) is 5.92. The molecule has 0 aliphatic carbocycles. The summed E-state index contributed by atoms with van der Waals surface area (Å²) in [6.07, 6.45) is 1.06. The largest absolute Gasteiger partial charge is 0.496 e. The van der Waals surface area contributed by atoms with Crippen LogP contribution in [0, 0.1) is 6.92 Å². The van der Waals surface area contributed by atoms with Gasteiger partial charge in [0.25, 0.3) is 0 Å². The highest BCUT2D eigenvalue weighted by Gasteiger charge is 2.14. The molecule has 0 bridgehead atoms. The second-order valence-electron chi connectivity index (χ2n) is 4.50. The highest BCUT2D eigenvalue weighted by Crippen LogP contribution is 2.33. The Bertz CT molecular complexity index is 345. The van der Waals surface area contributed by atoms with Gasteiger partial charge in [-0.25, -0.2) is 0 Å². The van der Waals surface area contributed by atoms with Crippen molar-refractivity contribution in [1.82, 2.24) is 5.32 Å². The molecule has 0 aliphatic heterocycles. The number of likely N-dealkylation sites (N-methyl/N-ethyl adjacent to an activating group) is 1. The van der Waals surface area contributed by atoms with Gasteiger partial charge in [-0.2, -0.15) is 0 Å². The fourth-order valence-corrected chi connectivity index (χ4v) is 2.13. The molecule has 0 fully saturated rings. The monoisotopic (exact) mass is 221 g/mol. The third-order valence-corrected chi connectivity index (χ3v) is 2.91. The minimum absolute atomic E-state index is 0.502. The van der Waals surface area contributed by atoms with E-state index >= 15 is 0 Å². The summed E-state index contributed by atoms with van der Waals surface area (Å²) in [5, 5.41) is 3.19. The molecule has 0 unspecified atom stereocenters. The molecule has 0 heterocycles. The number of benzene rings is 1. The third kappa shape index (κ3) is 2.76. The predicted molar refractivity (Wildman–Crippen MR) is 69.5 cm³/mol. The van der Waals surface area contributed by atoms with E-state index in [2.05, 4.69) is 38.2 Å². The Balaban J connectivity index is 3.16. The second kappa shape index (κ2) is 5.90. The zero-order valence-electron chi connectivity index (χ0n) is 11.1. The molecule has 2 nitrogen and oxygen atoms in total. The molecule has 0 radical (unpaired) electrons. The van der Waals surface area contributed by atoms with E-state index in [1.54, 1.807) is 7.11 Å². The van der Waals surface area contributed by atoms with Gasteiger partial charge in [-0.3, -0.25) is 0 Å². The molecule has 0 saturated heterocycles. The van der Waals surface area contributed by atoms with E-state index in [1.807, 2.05) is 7.05 Å². The van der Waals surface area contributed by atoms with Crippen LogP contribution in [0.4, 0.5) is 0 Å². The van der Waals surface area contributed by atoms with Gasteiger partial charge in [0.2, 0.25) is 0 Å². The number of hydrogen-bond donors (Lipinski definition) is 1. The summed E-state index contributed by atoms with van der Waals surface area (Å²) in [5.41, 5.74) is 3.98. The number of nitrogens with one attached hydrogen (secondary N) is 1. The second-order valence-corrected chi connectivity index (χ2v) is 4.50. The molecule has 1 rings (SSSR count). The van der Waals surface area contributed by atoms with Gasteiger partial charge in [0, 0.05) is 5.56 Å². The third-order valence-electron chi connectivity index (χ3n) is 2.91. The number of methoxy groups -OCH3 is 1. The van der Waals surface area contributed by atoms with Crippen LogP contribution >= 0.6 is 0 Å². The highest BCUT2D eigenvalue weighted by molar-refractivity contribution is 5.47. The van der Waals surface area contributed by atoms with Crippen LogP contribution in [-0.4, -0.2) is 20.7 Å². The molecular weight excluding hydrogens is 198 g/mol. The van der Waals surface area contributed by atoms with Crippen LogP contribution in [0.5, 0.6) is 5.75 Å². The van der Waals surface area contributed by atoms with Gasteiger partial charge in [-0.15, -0.1) is 0 Å². The molecule has 0 atom stereocenters. The summed E-state index contributed by atoms with van der Waals surface area (Å²) < 4.78 is 5.54. The lowest BCUT2D eigenvalue weighted by Gasteiger charge is -2.19. The molecule has 1 aromatic rings. The molecule has 1 N–H and O–H groups in total. The van der Waals surface area contributed by atoms with Crippen LogP contribution in [-0.2, 0) is 6.42 Å². The number of ether oxygens (including phenoxy) is 1. The van der Waals surface area contributed by atoms with Crippen LogP contribution in [0.15, 0.2) is 12.1 Å². The summed E-state index contributed by atoms with van der Waals surface area (Å²) in [7, 11) is 3.75. The average molecular weight is 221 g/mol. The molecule has 0 saturated carbocycles. The van der Waals surface area contributed by atoms with Crippen molar-refractivity contribution in [3.8, 4) is 5.75 Å². The van der Waals surface area contributed by atoms with E-state index < -0.39 is 0 Å². The Morgan fingerprint density at radius 3 is 2.50 bits per heavy atom. The topological polar surface area (TPSA) is 21.3 Å². The standard InChI is InChI=1S/C14H23NO/c1-10(2)13-12(8-9-15-4)7-6-11(3)14(13)16-5/h6-7,10,15H,8-9H2,1-5H3. The Morgan fingerprint density at radius 1 is 1.31 bits per heavy atom. The fraction of sp³-hybridized carbons (Fsp3) is 0.571.